The van der Waals surface area contributed by atoms with E-state index in [0.717, 1.165) is 5.56 Å². The van der Waals surface area contributed by atoms with Crippen LogP contribution < -0.4 is 38.1 Å². The number of carboxylic acids is 1. The molecule has 0 bridgehead atoms. The first-order valence-corrected chi connectivity index (χ1v) is 14.0. The predicted octanol–water partition coefficient (Wildman–Crippen LogP) is -0.823. The molecule has 0 fully saturated rings. The second kappa shape index (κ2) is 18.3. The SMILES string of the molecule is CC(C)C[C@H](NC(=O)CN)C(=O)N[C@@H](CCCNC(=N)N)C(=O)N[C@H](C(=O)N[C@@H](Cc1ccccc1)C(=O)O)C(C)C. The zero-order valence-electron chi connectivity index (χ0n) is 24.7. The van der Waals surface area contributed by atoms with Gasteiger partial charge < -0.3 is 43.2 Å². The molecule has 0 heterocycles. The van der Waals surface area contributed by atoms with Gasteiger partial charge in [0.15, 0.2) is 5.96 Å². The lowest BCUT2D eigenvalue weighted by Crippen LogP contribution is -2.59. The number of benzene rings is 1. The molecule has 4 amide bonds. The quantitative estimate of drug-likeness (QED) is 0.0588. The lowest BCUT2D eigenvalue weighted by atomic mass is 9.99. The summed E-state index contributed by atoms with van der Waals surface area (Å²) in [6.07, 6.45) is 0.801. The third-order valence-corrected chi connectivity index (χ3v) is 6.31. The number of carbonyl (C=O) groups excluding carboxylic acids is 4. The van der Waals surface area contributed by atoms with Crippen molar-refractivity contribution in [3.05, 3.63) is 35.9 Å². The molecule has 11 N–H and O–H groups in total. The summed E-state index contributed by atoms with van der Waals surface area (Å²) in [7, 11) is 0. The van der Waals surface area contributed by atoms with E-state index < -0.39 is 59.7 Å². The molecule has 0 saturated carbocycles. The molecule has 0 spiro atoms. The van der Waals surface area contributed by atoms with Crippen molar-refractivity contribution >= 4 is 35.6 Å². The Bertz CT molecular complexity index is 1070. The van der Waals surface area contributed by atoms with Gasteiger partial charge in [0, 0.05) is 13.0 Å². The van der Waals surface area contributed by atoms with Gasteiger partial charge >= 0.3 is 5.97 Å². The van der Waals surface area contributed by atoms with Crippen molar-refractivity contribution in [2.75, 3.05) is 13.1 Å². The molecule has 0 aliphatic heterocycles. The standard InChI is InChI=1S/C28H46N8O6/c1-16(2)13-20(33-22(37)15-29)25(39)34-19(11-8-12-32-28(30)31)24(38)36-23(17(3)4)26(40)35-21(27(41)42)14-18-9-6-5-7-10-18/h5-7,9-10,16-17,19-21,23H,8,11-15,29H2,1-4H3,(H,33,37)(H,34,39)(H,35,40)(H,36,38)(H,41,42)(H4,30,31,32)/t19-,20-,21-,23-/m0/s1. The second-order valence-corrected chi connectivity index (χ2v) is 10.8. The van der Waals surface area contributed by atoms with E-state index in [2.05, 4.69) is 26.6 Å². The average molecular weight is 591 g/mol. The fraction of sp³-hybridized carbons (Fsp3) is 0.571. The monoisotopic (exact) mass is 590 g/mol. The van der Waals surface area contributed by atoms with Crippen LogP contribution >= 0.6 is 0 Å². The van der Waals surface area contributed by atoms with Crippen molar-refractivity contribution < 1.29 is 29.1 Å². The minimum absolute atomic E-state index is 0.0398. The van der Waals surface area contributed by atoms with Crippen molar-refractivity contribution in [1.82, 2.24) is 26.6 Å². The van der Waals surface area contributed by atoms with Crippen LogP contribution in [-0.4, -0.2) is 77.9 Å². The summed E-state index contributed by atoms with van der Waals surface area (Å²) in [6.45, 7) is 7.09. The highest BCUT2D eigenvalue weighted by Crippen LogP contribution is 2.10. The van der Waals surface area contributed by atoms with Crippen LogP contribution in [0.25, 0.3) is 0 Å². The Morgan fingerprint density at radius 1 is 0.857 bits per heavy atom. The normalized spacial score (nSPS) is 13.8. The van der Waals surface area contributed by atoms with Crippen LogP contribution in [0.1, 0.15) is 52.5 Å². The molecule has 0 aliphatic rings. The molecule has 1 aromatic rings. The molecule has 0 aromatic heterocycles. The molecule has 4 atom stereocenters. The molecule has 0 unspecified atom stereocenters. The number of carbonyl (C=O) groups is 5. The van der Waals surface area contributed by atoms with Crippen molar-refractivity contribution in [1.29, 1.82) is 5.41 Å². The fourth-order valence-electron chi connectivity index (χ4n) is 4.13. The second-order valence-electron chi connectivity index (χ2n) is 10.8. The van der Waals surface area contributed by atoms with E-state index in [1.54, 1.807) is 44.2 Å². The summed E-state index contributed by atoms with van der Waals surface area (Å²) in [6, 6.07) is 4.45. The molecule has 1 rings (SSSR count). The van der Waals surface area contributed by atoms with Gasteiger partial charge in [-0.2, -0.15) is 0 Å². The highest BCUT2D eigenvalue weighted by Gasteiger charge is 2.32. The van der Waals surface area contributed by atoms with Crippen LogP contribution in [0.5, 0.6) is 0 Å². The smallest absolute Gasteiger partial charge is 0.326 e. The number of nitrogens with two attached hydrogens (primary N) is 2. The number of aliphatic carboxylic acids is 1. The Hall–Kier alpha value is -4.20. The number of rotatable bonds is 18. The molecule has 14 nitrogen and oxygen atoms in total. The molecule has 14 heteroatoms. The summed E-state index contributed by atoms with van der Waals surface area (Å²) >= 11 is 0. The molecule has 0 aliphatic carbocycles. The van der Waals surface area contributed by atoms with Crippen LogP contribution in [0.3, 0.4) is 0 Å². The van der Waals surface area contributed by atoms with Crippen LogP contribution in [0.15, 0.2) is 30.3 Å². The number of guanidine groups is 1. The van der Waals surface area contributed by atoms with Crippen LogP contribution in [-0.2, 0) is 30.4 Å². The molecule has 1 aromatic carbocycles. The largest absolute Gasteiger partial charge is 0.480 e. The third-order valence-electron chi connectivity index (χ3n) is 6.31. The van der Waals surface area contributed by atoms with Gasteiger partial charge in [-0.05, 0) is 36.7 Å². The fourth-order valence-corrected chi connectivity index (χ4v) is 4.13. The summed E-state index contributed by atoms with van der Waals surface area (Å²) in [5, 5.41) is 30.1. The van der Waals surface area contributed by atoms with Crippen LogP contribution in [0, 0.1) is 17.2 Å². The Labute approximate surface area is 246 Å². The summed E-state index contributed by atoms with van der Waals surface area (Å²) in [5.41, 5.74) is 11.4. The van der Waals surface area contributed by atoms with Gasteiger partial charge in [0.05, 0.1) is 6.54 Å². The first-order valence-electron chi connectivity index (χ1n) is 14.0. The lowest BCUT2D eigenvalue weighted by Gasteiger charge is -2.28. The van der Waals surface area contributed by atoms with E-state index in [9.17, 15) is 29.1 Å². The summed E-state index contributed by atoms with van der Waals surface area (Å²) in [5.74, 6) is -4.32. The van der Waals surface area contributed by atoms with E-state index in [-0.39, 0.29) is 37.8 Å². The van der Waals surface area contributed by atoms with Crippen molar-refractivity contribution in [3.8, 4) is 0 Å². The van der Waals surface area contributed by atoms with Crippen LogP contribution in [0.2, 0.25) is 0 Å². The molecule has 42 heavy (non-hydrogen) atoms. The maximum Gasteiger partial charge on any atom is 0.326 e. The number of carboxylic acid groups (broad SMARTS) is 1. The highest BCUT2D eigenvalue weighted by molar-refractivity contribution is 5.95. The number of nitrogens with one attached hydrogen (secondary N) is 6. The van der Waals surface area contributed by atoms with Crippen molar-refractivity contribution in [2.45, 2.75) is 77.5 Å². The van der Waals surface area contributed by atoms with Gasteiger partial charge in [0.25, 0.3) is 0 Å². The van der Waals surface area contributed by atoms with Crippen molar-refractivity contribution in [2.24, 2.45) is 23.3 Å². The first kappa shape index (κ1) is 35.8. The Morgan fingerprint density at radius 3 is 1.98 bits per heavy atom. The Balaban J connectivity index is 3.10. The zero-order chi connectivity index (χ0) is 31.8. The van der Waals surface area contributed by atoms with E-state index in [1.165, 1.54) is 0 Å². The Kier molecular flexibility index (Phi) is 15.6. The molecular weight excluding hydrogens is 544 g/mol. The van der Waals surface area contributed by atoms with E-state index in [4.69, 9.17) is 16.9 Å². The van der Waals surface area contributed by atoms with Gasteiger partial charge in [-0.25, -0.2) is 4.79 Å². The van der Waals surface area contributed by atoms with Crippen molar-refractivity contribution in [3.63, 3.8) is 0 Å². The Morgan fingerprint density at radius 2 is 1.45 bits per heavy atom. The van der Waals surface area contributed by atoms with Gasteiger partial charge in [-0.3, -0.25) is 24.6 Å². The molecule has 234 valence electrons. The van der Waals surface area contributed by atoms with E-state index in [1.807, 2.05) is 13.8 Å². The molecule has 0 saturated heterocycles. The maximum absolute atomic E-state index is 13.4. The summed E-state index contributed by atoms with van der Waals surface area (Å²) < 4.78 is 0. The number of hydrogen-bond donors (Lipinski definition) is 9. The number of amides is 4. The zero-order valence-corrected chi connectivity index (χ0v) is 24.7. The van der Waals surface area contributed by atoms with Gasteiger partial charge in [0.2, 0.25) is 23.6 Å². The average Bonchev–Trinajstić information content (AvgIpc) is 2.92. The molecule has 0 radical (unpaired) electrons. The minimum Gasteiger partial charge on any atom is -0.480 e. The topological polar surface area (TPSA) is 242 Å². The van der Waals surface area contributed by atoms with Crippen LogP contribution in [0.4, 0.5) is 0 Å². The first-order chi connectivity index (χ1) is 19.7. The highest BCUT2D eigenvalue weighted by atomic mass is 16.4. The van der Waals surface area contributed by atoms with Gasteiger partial charge in [-0.15, -0.1) is 0 Å². The maximum atomic E-state index is 13.4. The van der Waals surface area contributed by atoms with E-state index >= 15 is 0 Å². The number of hydrogen-bond acceptors (Lipinski definition) is 7. The summed E-state index contributed by atoms with van der Waals surface area (Å²) in [4.78, 5) is 63.6. The van der Waals surface area contributed by atoms with E-state index in [0.29, 0.717) is 12.8 Å². The minimum atomic E-state index is -1.23. The predicted molar refractivity (Wildman–Crippen MR) is 158 cm³/mol. The van der Waals surface area contributed by atoms with Gasteiger partial charge in [0.1, 0.15) is 24.2 Å². The molecular formula is C28H46N8O6. The van der Waals surface area contributed by atoms with Gasteiger partial charge in [-0.1, -0.05) is 58.0 Å². The third kappa shape index (κ3) is 13.4. The lowest BCUT2D eigenvalue weighted by molar-refractivity contribution is -0.142.